The van der Waals surface area contributed by atoms with Gasteiger partial charge in [-0.25, -0.2) is 0 Å². The van der Waals surface area contributed by atoms with Crippen LogP contribution >= 0.6 is 0 Å². The normalized spacial score (nSPS) is 14.2. The quantitative estimate of drug-likeness (QED) is 0.841. The van der Waals surface area contributed by atoms with E-state index in [9.17, 15) is 13.2 Å². The van der Waals surface area contributed by atoms with Gasteiger partial charge in [0.25, 0.3) is 0 Å². The number of aromatic nitrogens is 2. The highest BCUT2D eigenvalue weighted by Crippen LogP contribution is 2.22. The molecule has 86 valence electrons. The summed E-state index contributed by atoms with van der Waals surface area (Å²) in [6.07, 6.45) is -6.47. The van der Waals surface area contributed by atoms with Gasteiger partial charge >= 0.3 is 6.18 Å². The van der Waals surface area contributed by atoms with Crippen LogP contribution in [0, 0.1) is 0 Å². The summed E-state index contributed by atoms with van der Waals surface area (Å²) in [4.78, 5) is 3.72. The minimum Gasteiger partial charge on any atom is -0.383 e. The van der Waals surface area contributed by atoms with Crippen molar-refractivity contribution in [1.29, 1.82) is 0 Å². The van der Waals surface area contributed by atoms with E-state index in [0.717, 1.165) is 6.42 Å². The van der Waals surface area contributed by atoms with Gasteiger partial charge in [0.1, 0.15) is 0 Å². The summed E-state index contributed by atoms with van der Waals surface area (Å²) in [5, 5.41) is 12.2. The molecule has 0 radical (unpaired) electrons. The molecular weight excluding hydrogens is 213 g/mol. The number of rotatable bonds is 4. The van der Waals surface area contributed by atoms with E-state index >= 15 is 0 Å². The molecule has 1 atom stereocenters. The highest BCUT2D eigenvalue weighted by atomic mass is 19.4. The molecule has 0 aliphatic carbocycles. The maximum absolute atomic E-state index is 11.9. The Hall–Kier alpha value is -1.11. The molecule has 1 aromatic rings. The third-order valence-corrected chi connectivity index (χ3v) is 1.73. The predicted octanol–water partition coefficient (Wildman–Crippen LogP) is 1.49. The number of aryl methyl sites for hydroxylation is 1. The Labute approximate surface area is 84.1 Å². The molecule has 7 heteroatoms. The Kier molecular flexibility index (Phi) is 3.67. The molecule has 0 aliphatic heterocycles. The number of aliphatic hydroxyl groups excluding tert-OH is 1. The van der Waals surface area contributed by atoms with Crippen molar-refractivity contribution in [2.75, 3.05) is 0 Å². The fourth-order valence-corrected chi connectivity index (χ4v) is 0.979. The molecule has 15 heavy (non-hydrogen) atoms. The first-order valence-corrected chi connectivity index (χ1v) is 4.49. The topological polar surface area (TPSA) is 59.2 Å². The van der Waals surface area contributed by atoms with E-state index in [1.165, 1.54) is 0 Å². The first-order valence-electron chi connectivity index (χ1n) is 4.49. The average Bonchev–Trinajstić information content (AvgIpc) is 2.51. The van der Waals surface area contributed by atoms with E-state index < -0.39 is 18.7 Å². The lowest BCUT2D eigenvalue weighted by Gasteiger charge is -2.11. The lowest BCUT2D eigenvalue weighted by atomic mass is 10.2. The van der Waals surface area contributed by atoms with Crippen molar-refractivity contribution in [2.24, 2.45) is 0 Å². The van der Waals surface area contributed by atoms with Gasteiger partial charge < -0.3 is 9.63 Å². The molecule has 4 nitrogen and oxygen atoms in total. The number of hydrogen-bond acceptors (Lipinski definition) is 4. The van der Waals surface area contributed by atoms with Crippen molar-refractivity contribution in [3.63, 3.8) is 0 Å². The van der Waals surface area contributed by atoms with Crippen molar-refractivity contribution >= 4 is 0 Å². The zero-order chi connectivity index (χ0) is 11.5. The van der Waals surface area contributed by atoms with Gasteiger partial charge in [0.05, 0.1) is 6.42 Å². The predicted molar refractivity (Wildman–Crippen MR) is 44.1 cm³/mol. The van der Waals surface area contributed by atoms with Crippen molar-refractivity contribution in [3.8, 4) is 0 Å². The zero-order valence-corrected chi connectivity index (χ0v) is 8.08. The summed E-state index contributed by atoms with van der Waals surface area (Å²) in [7, 11) is 0. The maximum atomic E-state index is 11.9. The van der Waals surface area contributed by atoms with Crippen LogP contribution < -0.4 is 0 Å². The summed E-state index contributed by atoms with van der Waals surface area (Å²) >= 11 is 0. The standard InChI is InChI=1S/C8H11F3N2O2/c1-2-3-6-12-7(15-13-6)4-5(14)8(9,10)11/h5,14H,2-4H2,1H3. The first-order chi connectivity index (χ1) is 6.93. The van der Waals surface area contributed by atoms with E-state index in [1.807, 2.05) is 6.92 Å². The van der Waals surface area contributed by atoms with Crippen LogP contribution in [0.5, 0.6) is 0 Å². The lowest BCUT2D eigenvalue weighted by Crippen LogP contribution is -2.30. The monoisotopic (exact) mass is 224 g/mol. The molecule has 1 aromatic heterocycles. The van der Waals surface area contributed by atoms with Crippen LogP contribution in [0.4, 0.5) is 13.2 Å². The molecule has 0 fully saturated rings. The molecule has 0 aliphatic rings. The summed E-state index contributed by atoms with van der Waals surface area (Å²) in [6.45, 7) is 1.89. The van der Waals surface area contributed by atoms with Crippen LogP contribution in [0.3, 0.4) is 0 Å². The fourth-order valence-electron chi connectivity index (χ4n) is 0.979. The van der Waals surface area contributed by atoms with Crippen molar-refractivity contribution in [1.82, 2.24) is 10.1 Å². The van der Waals surface area contributed by atoms with Crippen LogP contribution in [0.2, 0.25) is 0 Å². The second kappa shape index (κ2) is 4.61. The summed E-state index contributed by atoms with van der Waals surface area (Å²) in [5.41, 5.74) is 0. The molecule has 0 spiro atoms. The second-order valence-electron chi connectivity index (χ2n) is 3.12. The molecule has 0 amide bonds. The largest absolute Gasteiger partial charge is 0.414 e. The van der Waals surface area contributed by atoms with Gasteiger partial charge in [-0.15, -0.1) is 0 Å². The summed E-state index contributed by atoms with van der Waals surface area (Å²) in [5.74, 6) is 0.171. The lowest BCUT2D eigenvalue weighted by molar-refractivity contribution is -0.204. The second-order valence-corrected chi connectivity index (χ2v) is 3.12. The van der Waals surface area contributed by atoms with Crippen LogP contribution in [-0.2, 0) is 12.8 Å². The summed E-state index contributed by atoms with van der Waals surface area (Å²) < 4.78 is 40.4. The van der Waals surface area contributed by atoms with E-state index in [1.54, 1.807) is 0 Å². The van der Waals surface area contributed by atoms with Crippen LogP contribution in [0.15, 0.2) is 4.52 Å². The van der Waals surface area contributed by atoms with Gasteiger partial charge in [0, 0.05) is 6.42 Å². The molecule has 0 saturated heterocycles. The van der Waals surface area contributed by atoms with E-state index in [2.05, 4.69) is 14.7 Å². The van der Waals surface area contributed by atoms with E-state index in [0.29, 0.717) is 12.2 Å². The van der Waals surface area contributed by atoms with E-state index in [-0.39, 0.29) is 5.89 Å². The van der Waals surface area contributed by atoms with Gasteiger partial charge in [0.15, 0.2) is 11.9 Å². The number of aliphatic hydroxyl groups is 1. The molecule has 1 N–H and O–H groups in total. The number of alkyl halides is 3. The van der Waals surface area contributed by atoms with Gasteiger partial charge in [-0.3, -0.25) is 0 Å². The summed E-state index contributed by atoms with van der Waals surface area (Å²) in [6, 6.07) is 0. The number of halogens is 3. The Bertz CT molecular complexity index is 311. The van der Waals surface area contributed by atoms with Crippen LogP contribution in [0.1, 0.15) is 25.1 Å². The smallest absolute Gasteiger partial charge is 0.383 e. The molecule has 1 heterocycles. The van der Waals surface area contributed by atoms with Crippen molar-refractivity contribution < 1.29 is 22.8 Å². The fraction of sp³-hybridized carbons (Fsp3) is 0.750. The third-order valence-electron chi connectivity index (χ3n) is 1.73. The van der Waals surface area contributed by atoms with Crippen LogP contribution in [0.25, 0.3) is 0 Å². The molecular formula is C8H11F3N2O2. The Morgan fingerprint density at radius 1 is 1.47 bits per heavy atom. The maximum Gasteiger partial charge on any atom is 0.414 e. The third kappa shape index (κ3) is 3.50. The molecule has 0 aromatic carbocycles. The number of hydrogen-bond donors (Lipinski definition) is 1. The van der Waals surface area contributed by atoms with Crippen molar-refractivity contribution in [2.45, 2.75) is 38.5 Å². The average molecular weight is 224 g/mol. The Balaban J connectivity index is 2.57. The molecule has 1 rings (SSSR count). The minimum absolute atomic E-state index is 0.191. The first kappa shape index (κ1) is 12.0. The minimum atomic E-state index is -4.65. The molecule has 0 saturated carbocycles. The van der Waals surface area contributed by atoms with Crippen LogP contribution in [-0.4, -0.2) is 27.5 Å². The Morgan fingerprint density at radius 3 is 2.67 bits per heavy atom. The highest BCUT2D eigenvalue weighted by Gasteiger charge is 2.39. The molecule has 0 bridgehead atoms. The molecule has 1 unspecified atom stereocenters. The number of nitrogens with zero attached hydrogens (tertiary/aromatic N) is 2. The van der Waals surface area contributed by atoms with Gasteiger partial charge in [-0.05, 0) is 6.42 Å². The Morgan fingerprint density at radius 2 is 2.13 bits per heavy atom. The van der Waals surface area contributed by atoms with Gasteiger partial charge in [-0.2, -0.15) is 18.2 Å². The highest BCUT2D eigenvalue weighted by molar-refractivity contribution is 4.89. The van der Waals surface area contributed by atoms with Gasteiger partial charge in [-0.1, -0.05) is 12.1 Å². The zero-order valence-electron chi connectivity index (χ0n) is 8.08. The van der Waals surface area contributed by atoms with Crippen molar-refractivity contribution in [3.05, 3.63) is 11.7 Å². The van der Waals surface area contributed by atoms with Gasteiger partial charge in [0.2, 0.25) is 5.89 Å². The SMILES string of the molecule is CCCc1noc(CC(O)C(F)(F)F)n1. The van der Waals surface area contributed by atoms with E-state index in [4.69, 9.17) is 5.11 Å².